The topological polar surface area (TPSA) is 48.4 Å². The van der Waals surface area contributed by atoms with Gasteiger partial charge in [0.15, 0.2) is 12.4 Å². The van der Waals surface area contributed by atoms with Crippen LogP contribution in [0.5, 0.6) is 11.5 Å². The summed E-state index contributed by atoms with van der Waals surface area (Å²) in [7, 11) is 0. The molecule has 3 rings (SSSR count). The zero-order valence-corrected chi connectivity index (χ0v) is 14.0. The number of esters is 1. The highest BCUT2D eigenvalue weighted by Gasteiger charge is 2.10. The molecule has 4 heteroatoms. The second-order valence-electron chi connectivity index (χ2n) is 5.79. The van der Waals surface area contributed by atoms with E-state index in [0.717, 1.165) is 16.6 Å². The molecule has 122 valence electrons. The number of benzene rings is 2. The quantitative estimate of drug-likeness (QED) is 0.535. The molecule has 0 aliphatic heterocycles. The minimum Gasteiger partial charge on any atom is -0.482 e. The van der Waals surface area contributed by atoms with Crippen LogP contribution in [-0.4, -0.2) is 17.6 Å². The Hall–Kier alpha value is -2.88. The van der Waals surface area contributed by atoms with Crippen LogP contribution in [0.4, 0.5) is 0 Å². The Morgan fingerprint density at radius 1 is 1.00 bits per heavy atom. The van der Waals surface area contributed by atoms with E-state index in [2.05, 4.69) is 4.98 Å². The molecule has 0 aliphatic carbocycles. The number of carbonyl (C=O) groups excluding carboxylic acids is 1. The minimum absolute atomic E-state index is 0.148. The fourth-order valence-electron chi connectivity index (χ4n) is 2.40. The summed E-state index contributed by atoms with van der Waals surface area (Å²) < 4.78 is 10.9. The summed E-state index contributed by atoms with van der Waals surface area (Å²) in [6.45, 7) is 5.79. The van der Waals surface area contributed by atoms with E-state index in [1.165, 1.54) is 5.56 Å². The average molecular weight is 321 g/mol. The van der Waals surface area contributed by atoms with Gasteiger partial charge < -0.3 is 9.47 Å². The zero-order chi connectivity index (χ0) is 17.1. The highest BCUT2D eigenvalue weighted by Crippen LogP contribution is 2.24. The second kappa shape index (κ2) is 6.71. The van der Waals surface area contributed by atoms with E-state index in [1.807, 2.05) is 63.2 Å². The van der Waals surface area contributed by atoms with Crippen molar-refractivity contribution in [3.05, 3.63) is 65.4 Å². The van der Waals surface area contributed by atoms with Gasteiger partial charge in [-0.05, 0) is 56.2 Å². The predicted octanol–water partition coefficient (Wildman–Crippen LogP) is 4.14. The molecule has 0 spiro atoms. The number of ether oxygens (including phenoxy) is 2. The summed E-state index contributed by atoms with van der Waals surface area (Å²) >= 11 is 0. The lowest BCUT2D eigenvalue weighted by atomic mass is 10.1. The normalized spacial score (nSPS) is 10.6. The summed E-state index contributed by atoms with van der Waals surface area (Å²) in [6, 6.07) is 15.1. The van der Waals surface area contributed by atoms with E-state index >= 15 is 0 Å². The third-order valence-corrected chi connectivity index (χ3v) is 3.88. The van der Waals surface area contributed by atoms with E-state index in [4.69, 9.17) is 9.47 Å². The molecule has 0 aliphatic rings. The van der Waals surface area contributed by atoms with Crippen molar-refractivity contribution in [2.75, 3.05) is 6.61 Å². The SMILES string of the molecule is Cc1ccc2cccc(OC(=O)COc3ccc(C)c(C)c3)c2n1. The van der Waals surface area contributed by atoms with Crippen molar-refractivity contribution in [2.24, 2.45) is 0 Å². The maximum Gasteiger partial charge on any atom is 0.349 e. The molecule has 0 amide bonds. The molecule has 0 bridgehead atoms. The van der Waals surface area contributed by atoms with E-state index < -0.39 is 5.97 Å². The predicted molar refractivity (Wildman–Crippen MR) is 93.5 cm³/mol. The zero-order valence-electron chi connectivity index (χ0n) is 14.0. The molecule has 1 heterocycles. The number of para-hydroxylation sites is 1. The monoisotopic (exact) mass is 321 g/mol. The number of nitrogens with zero attached hydrogens (tertiary/aromatic N) is 1. The van der Waals surface area contributed by atoms with Crippen LogP contribution in [0.2, 0.25) is 0 Å². The van der Waals surface area contributed by atoms with Crippen molar-refractivity contribution < 1.29 is 14.3 Å². The van der Waals surface area contributed by atoms with Gasteiger partial charge in [-0.3, -0.25) is 0 Å². The van der Waals surface area contributed by atoms with E-state index in [-0.39, 0.29) is 6.61 Å². The Kier molecular flexibility index (Phi) is 4.47. The number of aryl methyl sites for hydroxylation is 3. The molecular formula is C20H19NO3. The number of fused-ring (bicyclic) bond motifs is 1. The second-order valence-corrected chi connectivity index (χ2v) is 5.79. The average Bonchev–Trinajstić information content (AvgIpc) is 2.56. The van der Waals surface area contributed by atoms with Crippen LogP contribution >= 0.6 is 0 Å². The van der Waals surface area contributed by atoms with Gasteiger partial charge in [0.1, 0.15) is 11.3 Å². The number of hydrogen-bond acceptors (Lipinski definition) is 4. The van der Waals surface area contributed by atoms with Crippen LogP contribution < -0.4 is 9.47 Å². The molecule has 4 nitrogen and oxygen atoms in total. The van der Waals surface area contributed by atoms with Crippen LogP contribution in [0.1, 0.15) is 16.8 Å². The van der Waals surface area contributed by atoms with E-state index in [1.54, 1.807) is 6.07 Å². The maximum atomic E-state index is 12.1. The van der Waals surface area contributed by atoms with Crippen LogP contribution in [0.25, 0.3) is 10.9 Å². The molecular weight excluding hydrogens is 302 g/mol. The Bertz CT molecular complexity index is 903. The molecule has 0 unspecified atom stereocenters. The maximum absolute atomic E-state index is 12.1. The van der Waals surface area contributed by atoms with Gasteiger partial charge >= 0.3 is 5.97 Å². The highest BCUT2D eigenvalue weighted by molar-refractivity contribution is 5.87. The van der Waals surface area contributed by atoms with E-state index in [9.17, 15) is 4.79 Å². The number of pyridine rings is 1. The molecule has 24 heavy (non-hydrogen) atoms. The Morgan fingerprint density at radius 3 is 2.62 bits per heavy atom. The first-order chi connectivity index (χ1) is 11.5. The van der Waals surface area contributed by atoms with Gasteiger partial charge in [-0.2, -0.15) is 0 Å². The van der Waals surface area contributed by atoms with Crippen molar-refractivity contribution in [3.63, 3.8) is 0 Å². The molecule has 0 saturated heterocycles. The third-order valence-electron chi connectivity index (χ3n) is 3.88. The first-order valence-electron chi connectivity index (χ1n) is 7.80. The largest absolute Gasteiger partial charge is 0.482 e. The van der Waals surface area contributed by atoms with Crippen molar-refractivity contribution in [1.82, 2.24) is 4.98 Å². The van der Waals surface area contributed by atoms with Gasteiger partial charge in [0.25, 0.3) is 0 Å². The standard InChI is InChI=1S/C20H19NO3/c1-13-7-10-17(11-14(13)2)23-12-19(22)24-18-6-4-5-16-9-8-15(3)21-20(16)18/h4-11H,12H2,1-3H3. The fraction of sp³-hybridized carbons (Fsp3) is 0.200. The number of carbonyl (C=O) groups is 1. The van der Waals surface area contributed by atoms with Gasteiger partial charge in [-0.1, -0.05) is 24.3 Å². The Balaban J connectivity index is 1.71. The van der Waals surface area contributed by atoms with Crippen LogP contribution in [0.3, 0.4) is 0 Å². The fourth-order valence-corrected chi connectivity index (χ4v) is 2.40. The molecule has 3 aromatic rings. The lowest BCUT2D eigenvalue weighted by Gasteiger charge is -2.10. The van der Waals surface area contributed by atoms with Gasteiger partial charge in [-0.15, -0.1) is 0 Å². The first-order valence-corrected chi connectivity index (χ1v) is 7.80. The summed E-state index contributed by atoms with van der Waals surface area (Å²) in [5, 5.41) is 0.931. The van der Waals surface area contributed by atoms with Crippen LogP contribution in [-0.2, 0) is 4.79 Å². The van der Waals surface area contributed by atoms with Crippen molar-refractivity contribution >= 4 is 16.9 Å². The van der Waals surface area contributed by atoms with Crippen molar-refractivity contribution in [3.8, 4) is 11.5 Å². The number of rotatable bonds is 4. The Morgan fingerprint density at radius 2 is 1.83 bits per heavy atom. The molecule has 1 aromatic heterocycles. The highest BCUT2D eigenvalue weighted by atomic mass is 16.6. The van der Waals surface area contributed by atoms with E-state index in [0.29, 0.717) is 17.0 Å². The number of aromatic nitrogens is 1. The third kappa shape index (κ3) is 3.54. The van der Waals surface area contributed by atoms with Gasteiger partial charge in [-0.25, -0.2) is 9.78 Å². The van der Waals surface area contributed by atoms with Gasteiger partial charge in [0, 0.05) is 11.1 Å². The summed E-state index contributed by atoms with van der Waals surface area (Å²) in [6.07, 6.45) is 0. The molecule has 2 aromatic carbocycles. The smallest absolute Gasteiger partial charge is 0.349 e. The summed E-state index contributed by atoms with van der Waals surface area (Å²) in [5.41, 5.74) is 3.85. The Labute approximate surface area is 141 Å². The van der Waals surface area contributed by atoms with Crippen molar-refractivity contribution in [1.29, 1.82) is 0 Å². The molecule has 0 fully saturated rings. The lowest BCUT2D eigenvalue weighted by molar-refractivity contribution is -0.136. The van der Waals surface area contributed by atoms with Gasteiger partial charge in [0.05, 0.1) is 0 Å². The number of hydrogen-bond donors (Lipinski definition) is 0. The minimum atomic E-state index is -0.455. The van der Waals surface area contributed by atoms with Gasteiger partial charge in [0.2, 0.25) is 0 Å². The molecule has 0 N–H and O–H groups in total. The first kappa shape index (κ1) is 16.0. The molecule has 0 saturated carbocycles. The molecule has 0 atom stereocenters. The summed E-state index contributed by atoms with van der Waals surface area (Å²) in [5.74, 6) is 0.649. The van der Waals surface area contributed by atoms with Crippen LogP contribution in [0, 0.1) is 20.8 Å². The van der Waals surface area contributed by atoms with Crippen molar-refractivity contribution in [2.45, 2.75) is 20.8 Å². The summed E-state index contributed by atoms with van der Waals surface area (Å²) in [4.78, 5) is 16.5. The van der Waals surface area contributed by atoms with Crippen LogP contribution in [0.15, 0.2) is 48.5 Å². The lowest BCUT2D eigenvalue weighted by Crippen LogP contribution is -2.18. The molecule has 0 radical (unpaired) electrons.